The van der Waals surface area contributed by atoms with Crippen molar-refractivity contribution in [2.75, 3.05) is 25.0 Å². The Balaban J connectivity index is 1.68. The first-order valence-corrected chi connectivity index (χ1v) is 7.72. The molecule has 1 atom stereocenters. The number of nitrogens with one attached hydrogen (secondary N) is 1. The Kier molecular flexibility index (Phi) is 4.17. The first-order chi connectivity index (χ1) is 10.7. The van der Waals surface area contributed by atoms with Crippen LogP contribution in [0.1, 0.15) is 0 Å². The molecule has 1 saturated heterocycles. The maximum atomic E-state index is 12.3. The summed E-state index contributed by atoms with van der Waals surface area (Å²) in [5.74, 6) is -0.457. The molecule has 0 spiro atoms. The lowest BCUT2D eigenvalue weighted by atomic mass is 10.2. The van der Waals surface area contributed by atoms with Crippen molar-refractivity contribution in [3.8, 4) is 0 Å². The van der Waals surface area contributed by atoms with Crippen LogP contribution in [0.4, 0.5) is 5.69 Å². The van der Waals surface area contributed by atoms with Gasteiger partial charge in [0.25, 0.3) is 5.91 Å². The number of carbonyl (C=O) groups excluding carboxylic acids is 2. The summed E-state index contributed by atoms with van der Waals surface area (Å²) in [7, 11) is 0. The number of rotatable bonds is 3. The van der Waals surface area contributed by atoms with Gasteiger partial charge in [0.2, 0.25) is 5.91 Å². The molecular weight excluding hydrogens is 302 g/mol. The molecule has 0 saturated carbocycles. The van der Waals surface area contributed by atoms with Gasteiger partial charge >= 0.3 is 0 Å². The molecule has 1 aromatic carbocycles. The molecule has 2 heterocycles. The van der Waals surface area contributed by atoms with E-state index >= 15 is 0 Å². The smallest absolute Gasteiger partial charge is 0.255 e. The number of benzene rings is 1. The standard InChI is InChI=1S/C15H15N3O3S/c1-2-14(19)18-5-6-21-12(8-18)15(20)17-10-3-4-13-11(7-10)16-9-22-13/h2-4,7,9,12H,1,5-6,8H2,(H,17,20). The van der Waals surface area contributed by atoms with E-state index in [-0.39, 0.29) is 18.4 Å². The second-order valence-corrected chi connectivity index (χ2v) is 5.76. The number of amides is 2. The number of aromatic nitrogens is 1. The highest BCUT2D eigenvalue weighted by Crippen LogP contribution is 2.21. The second-order valence-electron chi connectivity index (χ2n) is 4.87. The fourth-order valence-electron chi connectivity index (χ4n) is 2.30. The van der Waals surface area contributed by atoms with Crippen LogP contribution in [0, 0.1) is 0 Å². The van der Waals surface area contributed by atoms with Crippen molar-refractivity contribution < 1.29 is 14.3 Å². The molecule has 6 nitrogen and oxygen atoms in total. The normalized spacial score (nSPS) is 18.2. The Hall–Kier alpha value is -2.25. The first kappa shape index (κ1) is 14.7. The van der Waals surface area contributed by atoms with Gasteiger partial charge in [0.15, 0.2) is 6.10 Å². The van der Waals surface area contributed by atoms with Crippen LogP contribution >= 0.6 is 11.3 Å². The summed E-state index contributed by atoms with van der Waals surface area (Å²) in [4.78, 5) is 29.7. The fourth-order valence-corrected chi connectivity index (χ4v) is 2.95. The monoisotopic (exact) mass is 317 g/mol. The number of morpholine rings is 1. The lowest BCUT2D eigenvalue weighted by Gasteiger charge is -2.31. The van der Waals surface area contributed by atoms with Crippen LogP contribution in [0.3, 0.4) is 0 Å². The highest BCUT2D eigenvalue weighted by atomic mass is 32.1. The van der Waals surface area contributed by atoms with E-state index in [0.717, 1.165) is 10.2 Å². The zero-order valence-corrected chi connectivity index (χ0v) is 12.6. The van der Waals surface area contributed by atoms with E-state index in [4.69, 9.17) is 4.74 Å². The van der Waals surface area contributed by atoms with Gasteiger partial charge in [0.1, 0.15) is 0 Å². The van der Waals surface area contributed by atoms with Crippen molar-refractivity contribution in [1.29, 1.82) is 0 Å². The molecule has 114 valence electrons. The SMILES string of the molecule is C=CC(=O)N1CCOC(C(=O)Nc2ccc3scnc3c2)C1. The van der Waals surface area contributed by atoms with E-state index in [2.05, 4.69) is 16.9 Å². The van der Waals surface area contributed by atoms with Gasteiger partial charge in [-0.2, -0.15) is 0 Å². The minimum atomic E-state index is -0.677. The fraction of sp³-hybridized carbons (Fsp3) is 0.267. The number of fused-ring (bicyclic) bond motifs is 1. The topological polar surface area (TPSA) is 71.5 Å². The van der Waals surface area contributed by atoms with Crippen LogP contribution < -0.4 is 5.32 Å². The highest BCUT2D eigenvalue weighted by molar-refractivity contribution is 7.16. The van der Waals surface area contributed by atoms with Gasteiger partial charge in [-0.25, -0.2) is 4.98 Å². The van der Waals surface area contributed by atoms with Crippen molar-refractivity contribution in [3.63, 3.8) is 0 Å². The molecule has 2 aromatic rings. The summed E-state index contributed by atoms with van der Waals surface area (Å²) in [5.41, 5.74) is 3.27. The zero-order valence-electron chi connectivity index (χ0n) is 11.8. The zero-order chi connectivity index (χ0) is 15.5. The van der Waals surface area contributed by atoms with Crippen LogP contribution in [-0.2, 0) is 14.3 Å². The predicted molar refractivity (Wildman–Crippen MR) is 84.8 cm³/mol. The molecule has 2 amide bonds. The van der Waals surface area contributed by atoms with E-state index in [9.17, 15) is 9.59 Å². The number of carbonyl (C=O) groups is 2. The van der Waals surface area contributed by atoms with Gasteiger partial charge in [0, 0.05) is 12.2 Å². The molecule has 1 aliphatic rings. The van der Waals surface area contributed by atoms with Crippen molar-refractivity contribution in [3.05, 3.63) is 36.4 Å². The Morgan fingerprint density at radius 3 is 3.18 bits per heavy atom. The Bertz CT molecular complexity index is 728. The van der Waals surface area contributed by atoms with Crippen LogP contribution in [0.25, 0.3) is 10.2 Å². The Labute approximate surface area is 131 Å². The quantitative estimate of drug-likeness (QED) is 0.874. The van der Waals surface area contributed by atoms with Gasteiger partial charge in [-0.05, 0) is 24.3 Å². The molecule has 1 unspecified atom stereocenters. The number of ether oxygens (including phenoxy) is 1. The summed E-state index contributed by atoms with van der Waals surface area (Å²) in [6.07, 6.45) is 0.569. The predicted octanol–water partition coefficient (Wildman–Crippen LogP) is 1.65. The van der Waals surface area contributed by atoms with E-state index in [1.807, 2.05) is 18.2 Å². The van der Waals surface area contributed by atoms with Crippen molar-refractivity contribution in [2.24, 2.45) is 0 Å². The largest absolute Gasteiger partial charge is 0.365 e. The molecule has 1 fully saturated rings. The molecular formula is C15H15N3O3S. The van der Waals surface area contributed by atoms with E-state index < -0.39 is 6.10 Å². The molecule has 0 bridgehead atoms. The molecule has 0 aliphatic carbocycles. The summed E-state index contributed by atoms with van der Waals surface area (Å²) in [6, 6.07) is 5.56. The van der Waals surface area contributed by atoms with Crippen molar-refractivity contribution in [1.82, 2.24) is 9.88 Å². The molecule has 1 aromatic heterocycles. The third-order valence-electron chi connectivity index (χ3n) is 3.44. The third-order valence-corrected chi connectivity index (χ3v) is 4.25. The number of anilines is 1. The Morgan fingerprint density at radius 1 is 1.50 bits per heavy atom. The average molecular weight is 317 g/mol. The minimum Gasteiger partial charge on any atom is -0.365 e. The van der Waals surface area contributed by atoms with E-state index in [1.54, 1.807) is 21.7 Å². The second kappa shape index (κ2) is 6.25. The highest BCUT2D eigenvalue weighted by Gasteiger charge is 2.28. The maximum Gasteiger partial charge on any atom is 0.255 e. The average Bonchev–Trinajstić information content (AvgIpc) is 3.02. The number of hydrogen-bond acceptors (Lipinski definition) is 5. The van der Waals surface area contributed by atoms with Gasteiger partial charge in [-0.1, -0.05) is 6.58 Å². The third kappa shape index (κ3) is 3.00. The molecule has 1 aliphatic heterocycles. The lowest BCUT2D eigenvalue weighted by Crippen LogP contribution is -2.49. The molecule has 22 heavy (non-hydrogen) atoms. The van der Waals surface area contributed by atoms with Crippen molar-refractivity contribution >= 4 is 39.1 Å². The molecule has 3 rings (SSSR count). The van der Waals surface area contributed by atoms with E-state index in [1.165, 1.54) is 6.08 Å². The van der Waals surface area contributed by atoms with Gasteiger partial charge in [-0.15, -0.1) is 11.3 Å². The van der Waals surface area contributed by atoms with Crippen LogP contribution in [-0.4, -0.2) is 47.5 Å². The summed E-state index contributed by atoms with van der Waals surface area (Å²) < 4.78 is 6.52. The first-order valence-electron chi connectivity index (χ1n) is 6.84. The van der Waals surface area contributed by atoms with Crippen molar-refractivity contribution in [2.45, 2.75) is 6.10 Å². The molecule has 7 heteroatoms. The Morgan fingerprint density at radius 2 is 2.36 bits per heavy atom. The molecule has 1 N–H and O–H groups in total. The number of thiazole rings is 1. The number of hydrogen-bond donors (Lipinski definition) is 1. The lowest BCUT2D eigenvalue weighted by molar-refractivity contribution is -0.141. The summed E-state index contributed by atoms with van der Waals surface area (Å²) in [5, 5.41) is 2.81. The van der Waals surface area contributed by atoms with Gasteiger partial charge in [0.05, 0.1) is 28.9 Å². The van der Waals surface area contributed by atoms with E-state index in [0.29, 0.717) is 18.8 Å². The van der Waals surface area contributed by atoms with Crippen LogP contribution in [0.2, 0.25) is 0 Å². The van der Waals surface area contributed by atoms with Gasteiger partial charge in [-0.3, -0.25) is 9.59 Å². The summed E-state index contributed by atoms with van der Waals surface area (Å²) in [6.45, 7) is 4.50. The maximum absolute atomic E-state index is 12.3. The van der Waals surface area contributed by atoms with Gasteiger partial charge < -0.3 is 15.0 Å². The van der Waals surface area contributed by atoms with Crippen LogP contribution in [0.15, 0.2) is 36.4 Å². The minimum absolute atomic E-state index is 0.190. The van der Waals surface area contributed by atoms with Crippen LogP contribution in [0.5, 0.6) is 0 Å². The molecule has 0 radical (unpaired) electrons. The number of nitrogens with zero attached hydrogens (tertiary/aromatic N) is 2. The summed E-state index contributed by atoms with van der Waals surface area (Å²) >= 11 is 1.55.